The number of aromatic nitrogens is 3. The highest BCUT2D eigenvalue weighted by Gasteiger charge is 2.45. The third kappa shape index (κ3) is 3.32. The molecule has 1 aliphatic carbocycles. The topological polar surface area (TPSA) is 53.9 Å². The van der Waals surface area contributed by atoms with Gasteiger partial charge in [0.2, 0.25) is 17.2 Å². The fourth-order valence-corrected chi connectivity index (χ4v) is 2.60. The van der Waals surface area contributed by atoms with Gasteiger partial charge in [0.1, 0.15) is 0 Å². The minimum atomic E-state index is 0.249. The maximum absolute atomic E-state index is 6.01. The second-order valence-electron chi connectivity index (χ2n) is 5.77. The van der Waals surface area contributed by atoms with E-state index in [-0.39, 0.29) is 5.28 Å². The van der Waals surface area contributed by atoms with E-state index in [4.69, 9.17) is 11.6 Å². The van der Waals surface area contributed by atoms with Crippen LogP contribution in [-0.2, 0) is 0 Å². The van der Waals surface area contributed by atoms with Gasteiger partial charge in [-0.3, -0.25) is 0 Å². The molecule has 1 aromatic rings. The summed E-state index contributed by atoms with van der Waals surface area (Å²) in [6.45, 7) is 11.3. The van der Waals surface area contributed by atoms with Crippen LogP contribution in [0, 0.1) is 11.3 Å². The minimum absolute atomic E-state index is 0.249. The minimum Gasteiger partial charge on any atom is -0.353 e. The zero-order valence-electron chi connectivity index (χ0n) is 12.8. The quantitative estimate of drug-likeness (QED) is 0.837. The number of halogens is 1. The maximum Gasteiger partial charge on any atom is 0.231 e. The molecule has 0 aromatic carbocycles. The van der Waals surface area contributed by atoms with Crippen LogP contribution in [-0.4, -0.2) is 34.6 Å². The molecule has 1 saturated carbocycles. The van der Waals surface area contributed by atoms with Gasteiger partial charge in [-0.1, -0.05) is 13.8 Å². The van der Waals surface area contributed by atoms with Crippen molar-refractivity contribution in [1.82, 2.24) is 15.0 Å². The number of anilines is 2. The van der Waals surface area contributed by atoms with Crippen molar-refractivity contribution in [2.45, 2.75) is 40.5 Å². The molecule has 0 atom stereocenters. The highest BCUT2D eigenvalue weighted by molar-refractivity contribution is 6.28. The summed E-state index contributed by atoms with van der Waals surface area (Å²) in [6.07, 6.45) is 2.55. The lowest BCUT2D eigenvalue weighted by atomic mass is 9.92. The predicted molar refractivity (Wildman–Crippen MR) is 83.4 cm³/mol. The number of nitrogens with zero attached hydrogens (tertiary/aromatic N) is 4. The van der Waals surface area contributed by atoms with Crippen LogP contribution in [0.2, 0.25) is 5.28 Å². The molecule has 20 heavy (non-hydrogen) atoms. The lowest BCUT2D eigenvalue weighted by Gasteiger charge is -2.21. The third-order valence-electron chi connectivity index (χ3n) is 4.36. The first-order valence-corrected chi connectivity index (χ1v) is 7.79. The number of nitrogens with one attached hydrogen (secondary N) is 1. The zero-order valence-corrected chi connectivity index (χ0v) is 13.5. The molecule has 0 radical (unpaired) electrons. The molecule has 5 nitrogen and oxygen atoms in total. The van der Waals surface area contributed by atoms with Crippen molar-refractivity contribution < 1.29 is 0 Å². The molecular formula is C14H24ClN5. The number of hydrogen-bond donors (Lipinski definition) is 1. The van der Waals surface area contributed by atoms with Crippen molar-refractivity contribution >= 4 is 23.5 Å². The van der Waals surface area contributed by atoms with Crippen LogP contribution >= 0.6 is 11.6 Å². The van der Waals surface area contributed by atoms with Gasteiger partial charge in [0.25, 0.3) is 0 Å². The summed E-state index contributed by atoms with van der Waals surface area (Å²) in [5.41, 5.74) is 0.411. The van der Waals surface area contributed by atoms with Gasteiger partial charge in [-0.05, 0) is 49.6 Å². The van der Waals surface area contributed by atoms with E-state index < -0.39 is 0 Å². The van der Waals surface area contributed by atoms with Gasteiger partial charge in [0, 0.05) is 19.6 Å². The Morgan fingerprint density at radius 3 is 2.35 bits per heavy atom. The highest BCUT2D eigenvalue weighted by Crippen LogP contribution is 2.51. The molecule has 1 aromatic heterocycles. The van der Waals surface area contributed by atoms with Crippen LogP contribution < -0.4 is 10.2 Å². The number of hydrogen-bond acceptors (Lipinski definition) is 5. The second kappa shape index (κ2) is 6.12. The number of rotatable bonds is 7. The van der Waals surface area contributed by atoms with Crippen molar-refractivity contribution in [3.8, 4) is 0 Å². The third-order valence-corrected chi connectivity index (χ3v) is 4.53. The molecule has 0 saturated heterocycles. The van der Waals surface area contributed by atoms with Crippen LogP contribution in [0.4, 0.5) is 11.9 Å². The Bertz CT molecular complexity index is 455. The molecule has 112 valence electrons. The monoisotopic (exact) mass is 297 g/mol. The first-order chi connectivity index (χ1) is 9.50. The van der Waals surface area contributed by atoms with E-state index in [0.29, 0.717) is 23.2 Å². The van der Waals surface area contributed by atoms with Crippen LogP contribution in [0.3, 0.4) is 0 Å². The van der Waals surface area contributed by atoms with Crippen molar-refractivity contribution in [2.24, 2.45) is 11.3 Å². The molecule has 1 N–H and O–H groups in total. The largest absolute Gasteiger partial charge is 0.353 e. The van der Waals surface area contributed by atoms with E-state index in [9.17, 15) is 0 Å². The Kier molecular flexibility index (Phi) is 4.68. The van der Waals surface area contributed by atoms with Crippen LogP contribution in [0.5, 0.6) is 0 Å². The van der Waals surface area contributed by atoms with Crippen LogP contribution in [0.1, 0.15) is 40.5 Å². The lowest BCUT2D eigenvalue weighted by Crippen LogP contribution is -2.26. The normalized spacial score (nSPS) is 16.3. The summed E-state index contributed by atoms with van der Waals surface area (Å²) in [7, 11) is 0. The van der Waals surface area contributed by atoms with E-state index in [0.717, 1.165) is 19.6 Å². The molecule has 0 amide bonds. The Balaban J connectivity index is 2.08. The van der Waals surface area contributed by atoms with Crippen molar-refractivity contribution in [3.05, 3.63) is 5.28 Å². The van der Waals surface area contributed by atoms with E-state index in [1.807, 2.05) is 0 Å². The average Bonchev–Trinajstić information content (AvgIpc) is 3.18. The lowest BCUT2D eigenvalue weighted by molar-refractivity contribution is 0.379. The summed E-state index contributed by atoms with van der Waals surface area (Å²) in [6, 6.07) is 0. The van der Waals surface area contributed by atoms with Crippen molar-refractivity contribution in [2.75, 3.05) is 29.9 Å². The van der Waals surface area contributed by atoms with E-state index in [2.05, 4.69) is 52.9 Å². The van der Waals surface area contributed by atoms with Gasteiger partial charge in [0.15, 0.2) is 0 Å². The molecule has 1 fully saturated rings. The molecule has 0 unspecified atom stereocenters. The van der Waals surface area contributed by atoms with Gasteiger partial charge in [-0.15, -0.1) is 0 Å². The maximum atomic E-state index is 6.01. The summed E-state index contributed by atoms with van der Waals surface area (Å²) >= 11 is 6.01. The van der Waals surface area contributed by atoms with Gasteiger partial charge in [0.05, 0.1) is 0 Å². The molecule has 1 aliphatic rings. The Hall–Kier alpha value is -1.10. The van der Waals surface area contributed by atoms with Crippen molar-refractivity contribution in [1.29, 1.82) is 0 Å². The van der Waals surface area contributed by atoms with Gasteiger partial charge in [-0.2, -0.15) is 15.0 Å². The summed E-state index contributed by atoms with van der Waals surface area (Å²) < 4.78 is 0. The molecule has 0 aliphatic heterocycles. The smallest absolute Gasteiger partial charge is 0.231 e. The van der Waals surface area contributed by atoms with E-state index in [1.54, 1.807) is 0 Å². The van der Waals surface area contributed by atoms with Gasteiger partial charge < -0.3 is 10.2 Å². The first-order valence-electron chi connectivity index (χ1n) is 7.41. The zero-order chi connectivity index (χ0) is 14.8. The average molecular weight is 298 g/mol. The molecule has 0 spiro atoms. The summed E-state index contributed by atoms with van der Waals surface area (Å²) in [5, 5.41) is 3.59. The molecule has 2 rings (SSSR count). The van der Waals surface area contributed by atoms with Crippen LogP contribution in [0.25, 0.3) is 0 Å². The standard InChI is InChI=1S/C14H24ClN5/c1-5-20(6-2)13-18-11(15)17-12(19-13)16-9-14(7-8-14)10(3)4/h10H,5-9H2,1-4H3,(H,16,17,18,19). The SMILES string of the molecule is CCN(CC)c1nc(Cl)nc(NCC2(C(C)C)CC2)n1. The Morgan fingerprint density at radius 2 is 1.85 bits per heavy atom. The second-order valence-corrected chi connectivity index (χ2v) is 6.11. The molecule has 6 heteroatoms. The molecule has 0 bridgehead atoms. The van der Waals surface area contributed by atoms with Crippen LogP contribution in [0.15, 0.2) is 0 Å². The van der Waals surface area contributed by atoms with Gasteiger partial charge >= 0.3 is 0 Å². The van der Waals surface area contributed by atoms with E-state index >= 15 is 0 Å². The summed E-state index contributed by atoms with van der Waals surface area (Å²) in [4.78, 5) is 14.9. The predicted octanol–water partition coefficient (Wildman–Crippen LogP) is 3.22. The highest BCUT2D eigenvalue weighted by atomic mass is 35.5. The van der Waals surface area contributed by atoms with E-state index in [1.165, 1.54) is 12.8 Å². The summed E-state index contributed by atoms with van der Waals surface area (Å²) in [5.74, 6) is 1.90. The fourth-order valence-electron chi connectivity index (χ4n) is 2.44. The van der Waals surface area contributed by atoms with Crippen molar-refractivity contribution in [3.63, 3.8) is 0 Å². The molecular weight excluding hydrogens is 274 g/mol. The molecule has 1 heterocycles. The Morgan fingerprint density at radius 1 is 1.20 bits per heavy atom. The van der Waals surface area contributed by atoms with Gasteiger partial charge in [-0.25, -0.2) is 0 Å². The Labute approximate surface area is 126 Å². The first kappa shape index (κ1) is 15.3. The fraction of sp³-hybridized carbons (Fsp3) is 0.786.